The number of aromatic amines is 1. The van der Waals surface area contributed by atoms with E-state index in [9.17, 15) is 28.4 Å². The zero-order chi connectivity index (χ0) is 39.2. The van der Waals surface area contributed by atoms with Gasteiger partial charge in [-0.1, -0.05) is 11.6 Å². The summed E-state index contributed by atoms with van der Waals surface area (Å²) in [6.45, 7) is 5.94. The normalized spacial score (nSPS) is 14.2. The Labute approximate surface area is 321 Å². The van der Waals surface area contributed by atoms with Gasteiger partial charge in [0, 0.05) is 60.4 Å². The predicted octanol–water partition coefficient (Wildman–Crippen LogP) is 2.96. The third-order valence-corrected chi connectivity index (χ3v) is 8.45. The van der Waals surface area contributed by atoms with Crippen LogP contribution in [0.3, 0.4) is 0 Å². The number of nitrogens with one attached hydrogen (secondary N) is 3. The van der Waals surface area contributed by atoms with Crippen LogP contribution in [0.1, 0.15) is 32.7 Å². The van der Waals surface area contributed by atoms with Gasteiger partial charge in [0.1, 0.15) is 11.6 Å². The van der Waals surface area contributed by atoms with Crippen LogP contribution in [0.2, 0.25) is 0 Å². The summed E-state index contributed by atoms with van der Waals surface area (Å²) in [5, 5.41) is 31.1. The number of aromatic nitrogens is 3. The molecule has 1 fully saturated rings. The molecule has 2 aromatic carbocycles. The summed E-state index contributed by atoms with van der Waals surface area (Å²) in [5.74, 6) is -0.211. The molecule has 2 aromatic heterocycles. The molecule has 19 heteroatoms. The van der Waals surface area contributed by atoms with E-state index in [1.165, 1.54) is 42.6 Å². The Hall–Kier alpha value is -4.69. The van der Waals surface area contributed by atoms with Crippen molar-refractivity contribution < 1.29 is 52.1 Å². The molecule has 5 N–H and O–H groups in total. The van der Waals surface area contributed by atoms with Gasteiger partial charge in [0.05, 0.1) is 63.6 Å². The number of benzene rings is 2. The molecule has 0 saturated carbocycles. The van der Waals surface area contributed by atoms with Crippen molar-refractivity contribution in [2.75, 3.05) is 76.1 Å². The van der Waals surface area contributed by atoms with Gasteiger partial charge in [-0.3, -0.25) is 14.7 Å². The van der Waals surface area contributed by atoms with Crippen molar-refractivity contribution in [3.8, 4) is 17.0 Å². The summed E-state index contributed by atoms with van der Waals surface area (Å²) in [7, 11) is -1.58. The van der Waals surface area contributed by atoms with Crippen molar-refractivity contribution in [2.24, 2.45) is 0 Å². The number of alkyl halides is 3. The molecule has 0 aliphatic carbocycles. The van der Waals surface area contributed by atoms with E-state index < -0.39 is 18.6 Å². The molecule has 294 valence electrons. The predicted molar refractivity (Wildman–Crippen MR) is 200 cm³/mol. The molecule has 1 atom stereocenters. The minimum atomic E-state index is -3.84. The van der Waals surface area contributed by atoms with E-state index in [1.807, 2.05) is 0 Å². The second-order valence-corrected chi connectivity index (χ2v) is 12.8. The number of H-pyrrole nitrogens is 1. The van der Waals surface area contributed by atoms with E-state index in [0.29, 0.717) is 105 Å². The van der Waals surface area contributed by atoms with Crippen molar-refractivity contribution in [1.82, 2.24) is 20.5 Å². The van der Waals surface area contributed by atoms with E-state index in [0.717, 1.165) is 6.42 Å². The monoisotopic (exact) mass is 786 g/mol. The van der Waals surface area contributed by atoms with Crippen molar-refractivity contribution in [3.05, 3.63) is 83.7 Å². The van der Waals surface area contributed by atoms with Gasteiger partial charge < -0.3 is 49.3 Å². The lowest BCUT2D eigenvalue weighted by atomic mass is 9.77. The van der Waals surface area contributed by atoms with Gasteiger partial charge in [0.15, 0.2) is 0 Å². The van der Waals surface area contributed by atoms with Gasteiger partial charge in [-0.25, -0.2) is 4.98 Å². The Kier molecular flexibility index (Phi) is 15.3. The average molecular weight is 787 g/mol. The fourth-order valence-corrected chi connectivity index (χ4v) is 5.79. The number of pyridine rings is 1. The first-order valence-corrected chi connectivity index (χ1v) is 17.9. The number of aryl methyl sites for hydroxylation is 1. The number of anilines is 2. The van der Waals surface area contributed by atoms with Gasteiger partial charge >= 0.3 is 12.7 Å². The second-order valence-electron chi connectivity index (χ2n) is 12.4. The van der Waals surface area contributed by atoms with Crippen LogP contribution in [0.25, 0.3) is 11.3 Å². The molecule has 1 saturated heterocycles. The Balaban J connectivity index is 0.951. The van der Waals surface area contributed by atoms with E-state index in [4.69, 9.17) is 30.5 Å². The molecule has 15 nitrogen and oxygen atoms in total. The summed E-state index contributed by atoms with van der Waals surface area (Å²) >= 11 is 4.81. The van der Waals surface area contributed by atoms with Crippen LogP contribution in [-0.4, -0.2) is 122 Å². The highest BCUT2D eigenvalue weighted by Gasteiger charge is 2.28. The number of carbonyl (C=O) groups is 2. The molecule has 5 rings (SSSR count). The van der Waals surface area contributed by atoms with Gasteiger partial charge in [-0.15, -0.1) is 8.78 Å². The summed E-state index contributed by atoms with van der Waals surface area (Å²) in [6, 6.07) is 13.5. The van der Waals surface area contributed by atoms with Gasteiger partial charge in [-0.2, -0.15) is 5.10 Å². The van der Waals surface area contributed by atoms with E-state index in [-0.39, 0.29) is 23.3 Å². The van der Waals surface area contributed by atoms with Crippen molar-refractivity contribution in [1.29, 1.82) is 0 Å². The minimum Gasteiger partial charge on any atom is -0.423 e. The Morgan fingerprint density at radius 2 is 1.67 bits per heavy atom. The molecule has 0 spiro atoms. The fraction of sp³-hybridized carbons (Fsp3) is 0.389. The Morgan fingerprint density at radius 1 is 0.964 bits per heavy atom. The third kappa shape index (κ3) is 13.0. The third-order valence-electron chi connectivity index (χ3n) is 8.38. The number of rotatable bonds is 21. The molecule has 55 heavy (non-hydrogen) atoms. The zero-order valence-corrected chi connectivity index (χ0v) is 30.8. The maximum atomic E-state index is 13.1. The lowest BCUT2D eigenvalue weighted by molar-refractivity contribution is -0.0964. The van der Waals surface area contributed by atoms with Crippen LogP contribution in [0.5, 0.6) is 5.75 Å². The summed E-state index contributed by atoms with van der Waals surface area (Å²) in [5.41, 5.74) is -0.448. The van der Waals surface area contributed by atoms with Crippen LogP contribution < -0.4 is 25.7 Å². The van der Waals surface area contributed by atoms with Crippen LogP contribution in [-0.2, 0) is 18.9 Å². The lowest BCUT2D eigenvalue weighted by Crippen LogP contribution is -2.33. The Bertz CT molecular complexity index is 1840. The molecule has 0 bridgehead atoms. The highest BCUT2D eigenvalue weighted by molar-refractivity contribution is 6.59. The molecule has 4 aromatic rings. The van der Waals surface area contributed by atoms with Gasteiger partial charge in [0.2, 0.25) is 0 Å². The molecular formula is C36H42BClF2N6O9. The first-order chi connectivity index (χ1) is 26.5. The number of nitrogens with zero attached hydrogens (tertiary/aromatic N) is 3. The molecule has 1 aliphatic heterocycles. The van der Waals surface area contributed by atoms with E-state index >= 15 is 0 Å². The highest BCUT2D eigenvalue weighted by atomic mass is 35.5. The number of halogens is 3. The average Bonchev–Trinajstić information content (AvgIpc) is 3.86. The standard InChI is InChI=1S/C36H42BClF2N6O9/c1-24-20-25(2-7-31(24)37(49)50)34(47)41-11-13-51-14-15-52-16-17-53-18-19-54-29-9-12-46(23-29)33-30(32-8-10-43-45-32)21-26(22-42-33)35(48)44-27-3-5-28(6-4-27)55-36(38,39)40/h2-8,10,20-22,29,49-50H,9,11-19,23H2,1H3,(H,41,47)(H,43,45)(H,44,48). The Morgan fingerprint density at radius 3 is 2.33 bits per heavy atom. The quantitative estimate of drug-likeness (QED) is 0.0473. The summed E-state index contributed by atoms with van der Waals surface area (Å²) in [6.07, 6.45) is 3.81. The van der Waals surface area contributed by atoms with E-state index in [1.54, 1.807) is 31.3 Å². The summed E-state index contributed by atoms with van der Waals surface area (Å²) in [4.78, 5) is 32.1. The second kappa shape index (κ2) is 20.3. The zero-order valence-electron chi connectivity index (χ0n) is 30.0. The number of hydrogen-bond donors (Lipinski definition) is 5. The van der Waals surface area contributed by atoms with Crippen LogP contribution in [0.15, 0.2) is 67.0 Å². The van der Waals surface area contributed by atoms with E-state index in [2.05, 4.69) is 35.5 Å². The molecule has 1 unspecified atom stereocenters. The first-order valence-electron chi connectivity index (χ1n) is 17.5. The van der Waals surface area contributed by atoms with Crippen LogP contribution in [0.4, 0.5) is 20.3 Å². The van der Waals surface area contributed by atoms with Gasteiger partial charge in [-0.05, 0) is 67.3 Å². The fourth-order valence-electron chi connectivity index (χ4n) is 5.70. The highest BCUT2D eigenvalue weighted by Crippen LogP contribution is 2.32. The van der Waals surface area contributed by atoms with Crippen molar-refractivity contribution in [2.45, 2.75) is 25.0 Å². The number of carbonyl (C=O) groups excluding carboxylic acids is 2. The van der Waals surface area contributed by atoms with Crippen LogP contribution >= 0.6 is 11.6 Å². The number of ether oxygens (including phenoxy) is 5. The molecular weight excluding hydrogens is 745 g/mol. The van der Waals surface area contributed by atoms with Gasteiger partial charge in [0.25, 0.3) is 11.8 Å². The molecule has 0 radical (unpaired) electrons. The van der Waals surface area contributed by atoms with Crippen molar-refractivity contribution >= 4 is 47.5 Å². The maximum absolute atomic E-state index is 13.1. The van der Waals surface area contributed by atoms with Crippen LogP contribution in [0, 0.1) is 6.92 Å². The SMILES string of the molecule is Cc1cc(C(=O)NCCOCCOCCOCCOC2CCN(c3ncc(C(=O)Nc4ccc(OC(F)(F)Cl)cc4)cc3-c3ccn[nH]3)C2)ccc1B(O)O. The minimum absolute atomic E-state index is 0.0446. The largest absolute Gasteiger partial charge is 0.488 e. The first kappa shape index (κ1) is 41.5. The number of amides is 2. The molecule has 2 amide bonds. The molecule has 3 heterocycles. The maximum Gasteiger partial charge on any atom is 0.488 e. The summed E-state index contributed by atoms with van der Waals surface area (Å²) < 4.78 is 52.8. The number of hydrogen-bond acceptors (Lipinski definition) is 12. The molecule has 1 aliphatic rings. The topological polar surface area (TPSA) is 190 Å². The lowest BCUT2D eigenvalue weighted by Gasteiger charge is -2.21. The smallest absolute Gasteiger partial charge is 0.423 e. The van der Waals surface area contributed by atoms with Crippen molar-refractivity contribution in [3.63, 3.8) is 0 Å².